The van der Waals surface area contributed by atoms with Crippen LogP contribution in [0.2, 0.25) is 5.02 Å². The number of morpholine rings is 1. The van der Waals surface area contributed by atoms with Crippen molar-refractivity contribution in [3.05, 3.63) is 28.8 Å². The molecule has 0 bridgehead atoms. The first-order valence-corrected chi connectivity index (χ1v) is 6.55. The van der Waals surface area contributed by atoms with E-state index < -0.39 is 5.97 Å². The monoisotopic (exact) mass is 298 g/mol. The number of nitrogens with one attached hydrogen (secondary N) is 1. The van der Waals surface area contributed by atoms with E-state index >= 15 is 0 Å². The van der Waals surface area contributed by atoms with Crippen molar-refractivity contribution >= 4 is 29.3 Å². The van der Waals surface area contributed by atoms with E-state index in [2.05, 4.69) is 5.32 Å². The molecule has 1 aromatic carbocycles. The van der Waals surface area contributed by atoms with Crippen LogP contribution in [0.15, 0.2) is 18.2 Å². The molecule has 2 amide bonds. The molecular weight excluding hydrogens is 284 g/mol. The average molecular weight is 299 g/mol. The highest BCUT2D eigenvalue weighted by molar-refractivity contribution is 6.31. The second kappa shape index (κ2) is 6.11. The van der Waals surface area contributed by atoms with E-state index in [1.165, 1.54) is 18.2 Å². The fourth-order valence-electron chi connectivity index (χ4n) is 2.00. The van der Waals surface area contributed by atoms with Crippen LogP contribution in [0, 0.1) is 0 Å². The van der Waals surface area contributed by atoms with Crippen molar-refractivity contribution in [2.45, 2.75) is 13.0 Å². The summed E-state index contributed by atoms with van der Waals surface area (Å²) in [5.41, 5.74) is 0.193. The smallest absolute Gasteiger partial charge is 0.337 e. The number of rotatable bonds is 2. The third-order valence-corrected chi connectivity index (χ3v) is 3.22. The van der Waals surface area contributed by atoms with E-state index in [0.717, 1.165) is 0 Å². The highest BCUT2D eigenvalue weighted by Gasteiger charge is 2.22. The Bertz CT molecular complexity index is 535. The number of carboxylic acids is 1. The summed E-state index contributed by atoms with van der Waals surface area (Å²) >= 11 is 5.76. The number of carbonyl (C=O) groups excluding carboxylic acids is 1. The molecule has 1 aliphatic rings. The van der Waals surface area contributed by atoms with Crippen molar-refractivity contribution in [2.24, 2.45) is 0 Å². The van der Waals surface area contributed by atoms with E-state index in [4.69, 9.17) is 21.4 Å². The van der Waals surface area contributed by atoms with Crippen LogP contribution >= 0.6 is 11.6 Å². The maximum Gasteiger partial charge on any atom is 0.337 e. The van der Waals surface area contributed by atoms with Gasteiger partial charge in [-0.25, -0.2) is 9.59 Å². The summed E-state index contributed by atoms with van der Waals surface area (Å²) in [5, 5.41) is 12.0. The van der Waals surface area contributed by atoms with Gasteiger partial charge in [-0.05, 0) is 25.1 Å². The van der Waals surface area contributed by atoms with Crippen LogP contribution in [-0.4, -0.2) is 47.8 Å². The predicted molar refractivity (Wildman–Crippen MR) is 74.4 cm³/mol. The number of carboxylic acid groups (broad SMARTS) is 1. The summed E-state index contributed by atoms with van der Waals surface area (Å²) in [4.78, 5) is 24.8. The van der Waals surface area contributed by atoms with Crippen LogP contribution in [0.25, 0.3) is 0 Å². The van der Waals surface area contributed by atoms with Crippen LogP contribution in [-0.2, 0) is 4.74 Å². The molecule has 1 fully saturated rings. The predicted octanol–water partition coefficient (Wildman–Crippen LogP) is 2.29. The SMILES string of the molecule is CC1CN(C(=O)Nc2ccc(Cl)cc2C(=O)O)CCO1. The zero-order valence-electron chi connectivity index (χ0n) is 10.9. The third-order valence-electron chi connectivity index (χ3n) is 2.98. The van der Waals surface area contributed by atoms with Gasteiger partial charge in [-0.15, -0.1) is 0 Å². The fraction of sp³-hybridized carbons (Fsp3) is 0.385. The Kier molecular flexibility index (Phi) is 4.46. The molecule has 1 aliphatic heterocycles. The van der Waals surface area contributed by atoms with Gasteiger partial charge in [0.05, 0.1) is 24.0 Å². The molecule has 1 saturated heterocycles. The lowest BCUT2D eigenvalue weighted by Gasteiger charge is -2.31. The number of benzene rings is 1. The van der Waals surface area contributed by atoms with E-state index in [-0.39, 0.29) is 23.4 Å². The molecule has 6 nitrogen and oxygen atoms in total. The van der Waals surface area contributed by atoms with Crippen molar-refractivity contribution in [3.8, 4) is 0 Å². The number of amides is 2. The largest absolute Gasteiger partial charge is 0.478 e. The third kappa shape index (κ3) is 3.40. The first-order valence-electron chi connectivity index (χ1n) is 6.17. The number of hydrogen-bond acceptors (Lipinski definition) is 3. The molecule has 2 rings (SSSR count). The van der Waals surface area contributed by atoms with Crippen LogP contribution in [0.3, 0.4) is 0 Å². The normalized spacial score (nSPS) is 18.7. The Hall–Kier alpha value is -1.79. The van der Waals surface area contributed by atoms with Crippen molar-refractivity contribution < 1.29 is 19.4 Å². The molecule has 0 saturated carbocycles. The summed E-state index contributed by atoms with van der Waals surface area (Å²) in [6, 6.07) is 3.98. The molecule has 2 N–H and O–H groups in total. The van der Waals surface area contributed by atoms with Crippen LogP contribution in [0.4, 0.5) is 10.5 Å². The zero-order chi connectivity index (χ0) is 14.7. The molecule has 1 unspecified atom stereocenters. The molecule has 0 radical (unpaired) electrons. The van der Waals surface area contributed by atoms with Gasteiger partial charge >= 0.3 is 12.0 Å². The number of hydrogen-bond donors (Lipinski definition) is 2. The number of nitrogens with zero attached hydrogens (tertiary/aromatic N) is 1. The first kappa shape index (κ1) is 14.6. The summed E-state index contributed by atoms with van der Waals surface area (Å²) in [7, 11) is 0. The number of halogens is 1. The van der Waals surface area contributed by atoms with E-state index in [1.54, 1.807) is 4.90 Å². The second-order valence-electron chi connectivity index (χ2n) is 4.55. The van der Waals surface area contributed by atoms with Crippen LogP contribution in [0.5, 0.6) is 0 Å². The Morgan fingerprint density at radius 3 is 2.90 bits per heavy atom. The molecule has 1 aromatic rings. The maximum atomic E-state index is 12.1. The molecule has 1 heterocycles. The summed E-state index contributed by atoms with van der Waals surface area (Å²) in [6.07, 6.45) is -0.0290. The lowest BCUT2D eigenvalue weighted by molar-refractivity contribution is -0.00139. The van der Waals surface area contributed by atoms with Crippen LogP contribution in [0.1, 0.15) is 17.3 Å². The average Bonchev–Trinajstić information content (AvgIpc) is 2.40. The van der Waals surface area contributed by atoms with Crippen molar-refractivity contribution in [3.63, 3.8) is 0 Å². The van der Waals surface area contributed by atoms with Crippen LogP contribution < -0.4 is 5.32 Å². The van der Waals surface area contributed by atoms with Gasteiger partial charge in [0.1, 0.15) is 0 Å². The van der Waals surface area contributed by atoms with Gasteiger partial charge < -0.3 is 20.1 Å². The van der Waals surface area contributed by atoms with Gasteiger partial charge in [-0.1, -0.05) is 11.6 Å². The highest BCUT2D eigenvalue weighted by Crippen LogP contribution is 2.21. The Morgan fingerprint density at radius 2 is 2.25 bits per heavy atom. The number of urea groups is 1. The minimum Gasteiger partial charge on any atom is -0.478 e. The number of carbonyl (C=O) groups is 2. The molecule has 1 atom stereocenters. The quantitative estimate of drug-likeness (QED) is 0.878. The minimum atomic E-state index is -1.14. The Labute approximate surface area is 121 Å². The lowest BCUT2D eigenvalue weighted by atomic mass is 10.2. The van der Waals surface area contributed by atoms with E-state index in [0.29, 0.717) is 24.7 Å². The molecular formula is C13H15ClN2O4. The van der Waals surface area contributed by atoms with Crippen molar-refractivity contribution in [2.75, 3.05) is 25.0 Å². The molecule has 0 aliphatic carbocycles. The molecule has 108 valence electrons. The van der Waals surface area contributed by atoms with Gasteiger partial charge in [-0.2, -0.15) is 0 Å². The summed E-state index contributed by atoms with van der Waals surface area (Å²) < 4.78 is 5.35. The maximum absolute atomic E-state index is 12.1. The zero-order valence-corrected chi connectivity index (χ0v) is 11.7. The topological polar surface area (TPSA) is 78.9 Å². The van der Waals surface area contributed by atoms with Gasteiger partial charge in [0.15, 0.2) is 0 Å². The van der Waals surface area contributed by atoms with Crippen molar-refractivity contribution in [1.82, 2.24) is 4.90 Å². The summed E-state index contributed by atoms with van der Waals surface area (Å²) in [6.45, 7) is 3.30. The highest BCUT2D eigenvalue weighted by atomic mass is 35.5. The van der Waals surface area contributed by atoms with Gasteiger partial charge in [-0.3, -0.25) is 0 Å². The van der Waals surface area contributed by atoms with Crippen molar-refractivity contribution in [1.29, 1.82) is 0 Å². The lowest BCUT2D eigenvalue weighted by Crippen LogP contribution is -2.46. The fourth-order valence-corrected chi connectivity index (χ4v) is 2.17. The van der Waals surface area contributed by atoms with Gasteiger partial charge in [0, 0.05) is 18.1 Å². The van der Waals surface area contributed by atoms with Gasteiger partial charge in [0.25, 0.3) is 0 Å². The second-order valence-corrected chi connectivity index (χ2v) is 4.99. The number of ether oxygens (including phenoxy) is 1. The standard InChI is InChI=1S/C13H15ClN2O4/c1-8-7-16(4-5-20-8)13(19)15-11-3-2-9(14)6-10(11)12(17)18/h2-3,6,8H,4-5,7H2,1H3,(H,15,19)(H,17,18). The number of anilines is 1. The molecule has 0 spiro atoms. The van der Waals surface area contributed by atoms with E-state index in [9.17, 15) is 9.59 Å². The molecule has 20 heavy (non-hydrogen) atoms. The van der Waals surface area contributed by atoms with E-state index in [1.807, 2.05) is 6.92 Å². The first-order chi connectivity index (χ1) is 9.47. The Balaban J connectivity index is 2.13. The van der Waals surface area contributed by atoms with Gasteiger partial charge in [0.2, 0.25) is 0 Å². The summed E-state index contributed by atoms with van der Waals surface area (Å²) in [5.74, 6) is -1.14. The molecule has 7 heteroatoms. The minimum absolute atomic E-state index is 0.0290. The molecule has 0 aromatic heterocycles. The Morgan fingerprint density at radius 1 is 1.50 bits per heavy atom. The number of aromatic carboxylic acids is 1.